The Hall–Kier alpha value is -2.47. The second-order valence-corrected chi connectivity index (χ2v) is 6.38. The SMILES string of the molecule is COc1ccc(C(=O)N[C@@H](CCSC)C(=O)Nc2ccccc2)cc1. The summed E-state index contributed by atoms with van der Waals surface area (Å²) >= 11 is 1.63. The van der Waals surface area contributed by atoms with E-state index >= 15 is 0 Å². The summed E-state index contributed by atoms with van der Waals surface area (Å²) in [4.78, 5) is 25.0. The lowest BCUT2D eigenvalue weighted by molar-refractivity contribution is -0.118. The number of anilines is 1. The molecule has 2 amide bonds. The van der Waals surface area contributed by atoms with Crippen molar-refractivity contribution in [1.29, 1.82) is 0 Å². The van der Waals surface area contributed by atoms with Crippen LogP contribution in [0.2, 0.25) is 0 Å². The van der Waals surface area contributed by atoms with Crippen LogP contribution < -0.4 is 15.4 Å². The summed E-state index contributed by atoms with van der Waals surface area (Å²) in [6.45, 7) is 0. The Morgan fingerprint density at radius 2 is 1.76 bits per heavy atom. The summed E-state index contributed by atoms with van der Waals surface area (Å²) in [6.07, 6.45) is 2.53. The van der Waals surface area contributed by atoms with Crippen LogP contribution in [0.3, 0.4) is 0 Å². The average molecular weight is 358 g/mol. The Labute approximate surface area is 152 Å². The summed E-state index contributed by atoms with van der Waals surface area (Å²) < 4.78 is 5.09. The molecule has 0 aliphatic heterocycles. The highest BCUT2D eigenvalue weighted by atomic mass is 32.2. The van der Waals surface area contributed by atoms with Crippen LogP contribution in [0.15, 0.2) is 54.6 Å². The van der Waals surface area contributed by atoms with Crippen molar-refractivity contribution in [2.45, 2.75) is 12.5 Å². The molecule has 0 spiro atoms. The maximum Gasteiger partial charge on any atom is 0.251 e. The van der Waals surface area contributed by atoms with E-state index in [1.165, 1.54) is 0 Å². The zero-order valence-corrected chi connectivity index (χ0v) is 15.1. The van der Waals surface area contributed by atoms with E-state index in [4.69, 9.17) is 4.74 Å². The van der Waals surface area contributed by atoms with Crippen molar-refractivity contribution in [3.63, 3.8) is 0 Å². The van der Waals surface area contributed by atoms with E-state index < -0.39 is 6.04 Å². The lowest BCUT2D eigenvalue weighted by Gasteiger charge is -2.18. The number of rotatable bonds is 8. The largest absolute Gasteiger partial charge is 0.497 e. The molecule has 0 unspecified atom stereocenters. The molecule has 0 saturated heterocycles. The first-order valence-electron chi connectivity index (χ1n) is 7.94. The van der Waals surface area contributed by atoms with Gasteiger partial charge in [-0.2, -0.15) is 11.8 Å². The van der Waals surface area contributed by atoms with Crippen molar-refractivity contribution in [3.8, 4) is 5.75 Å². The minimum absolute atomic E-state index is 0.220. The monoisotopic (exact) mass is 358 g/mol. The highest BCUT2D eigenvalue weighted by molar-refractivity contribution is 7.98. The third-order valence-corrected chi connectivity index (χ3v) is 4.27. The molecule has 0 aliphatic carbocycles. The standard InChI is InChI=1S/C19H22N2O3S/c1-24-16-10-8-14(9-11-16)18(22)21-17(12-13-25-2)19(23)20-15-6-4-3-5-7-15/h3-11,17H,12-13H2,1-2H3,(H,20,23)(H,21,22)/t17-/m0/s1. The van der Waals surface area contributed by atoms with E-state index in [2.05, 4.69) is 10.6 Å². The minimum atomic E-state index is -0.595. The van der Waals surface area contributed by atoms with E-state index in [0.29, 0.717) is 23.4 Å². The van der Waals surface area contributed by atoms with Gasteiger partial charge in [0.2, 0.25) is 5.91 Å². The third kappa shape index (κ3) is 5.83. The molecule has 2 aromatic carbocycles. The topological polar surface area (TPSA) is 67.4 Å². The molecule has 1 atom stereocenters. The molecule has 0 radical (unpaired) electrons. The highest BCUT2D eigenvalue weighted by Gasteiger charge is 2.21. The van der Waals surface area contributed by atoms with E-state index in [1.54, 1.807) is 43.1 Å². The second kappa shape index (κ2) is 9.74. The Morgan fingerprint density at radius 1 is 1.08 bits per heavy atom. The fourth-order valence-electron chi connectivity index (χ4n) is 2.24. The molecule has 132 valence electrons. The van der Waals surface area contributed by atoms with Gasteiger partial charge >= 0.3 is 0 Å². The van der Waals surface area contributed by atoms with Gasteiger partial charge in [0.05, 0.1) is 7.11 Å². The van der Waals surface area contributed by atoms with Gasteiger partial charge in [0.15, 0.2) is 0 Å². The molecule has 0 heterocycles. The molecule has 0 aliphatic rings. The third-order valence-electron chi connectivity index (χ3n) is 3.63. The number of hydrogen-bond donors (Lipinski definition) is 2. The zero-order valence-electron chi connectivity index (χ0n) is 14.3. The molecule has 25 heavy (non-hydrogen) atoms. The predicted molar refractivity (Wildman–Crippen MR) is 102 cm³/mol. The van der Waals surface area contributed by atoms with E-state index in [-0.39, 0.29) is 11.8 Å². The predicted octanol–water partition coefficient (Wildman–Crippen LogP) is 3.19. The molecule has 0 aromatic heterocycles. The van der Waals surface area contributed by atoms with E-state index in [0.717, 1.165) is 5.75 Å². The Morgan fingerprint density at radius 3 is 2.36 bits per heavy atom. The number of ether oxygens (including phenoxy) is 1. The van der Waals surface area contributed by atoms with Crippen molar-refractivity contribution in [2.75, 3.05) is 24.4 Å². The molecule has 0 saturated carbocycles. The van der Waals surface area contributed by atoms with Crippen LogP contribution in [0.4, 0.5) is 5.69 Å². The van der Waals surface area contributed by atoms with Gasteiger partial charge < -0.3 is 15.4 Å². The summed E-state index contributed by atoms with van der Waals surface area (Å²) in [6, 6.07) is 15.4. The maximum atomic E-state index is 12.5. The number of hydrogen-bond acceptors (Lipinski definition) is 4. The number of para-hydroxylation sites is 1. The molecular formula is C19H22N2O3S. The first kappa shape index (κ1) is 18.9. The van der Waals surface area contributed by atoms with E-state index in [9.17, 15) is 9.59 Å². The van der Waals surface area contributed by atoms with Gasteiger partial charge in [-0.05, 0) is 54.8 Å². The summed E-state index contributed by atoms with van der Waals surface area (Å²) in [5, 5.41) is 5.66. The summed E-state index contributed by atoms with van der Waals surface area (Å²) in [5.41, 5.74) is 1.20. The van der Waals surface area contributed by atoms with Gasteiger partial charge in [0.1, 0.15) is 11.8 Å². The second-order valence-electron chi connectivity index (χ2n) is 5.39. The molecular weight excluding hydrogens is 336 g/mol. The molecule has 0 bridgehead atoms. The Balaban J connectivity index is 2.04. The van der Waals surface area contributed by atoms with Crippen molar-refractivity contribution in [3.05, 3.63) is 60.2 Å². The van der Waals surface area contributed by atoms with Crippen LogP contribution in [0.1, 0.15) is 16.8 Å². The van der Waals surface area contributed by atoms with Crippen molar-refractivity contribution >= 4 is 29.3 Å². The molecule has 2 aromatic rings. The average Bonchev–Trinajstić information content (AvgIpc) is 2.65. The Bertz CT molecular complexity index is 690. The van der Waals surface area contributed by atoms with Gasteiger partial charge in [0.25, 0.3) is 5.91 Å². The van der Waals surface area contributed by atoms with Gasteiger partial charge in [-0.1, -0.05) is 18.2 Å². The minimum Gasteiger partial charge on any atom is -0.497 e. The highest BCUT2D eigenvalue weighted by Crippen LogP contribution is 2.13. The summed E-state index contributed by atoms with van der Waals surface area (Å²) in [5.74, 6) is 0.951. The number of carbonyl (C=O) groups excluding carboxylic acids is 2. The zero-order chi connectivity index (χ0) is 18.1. The molecule has 6 heteroatoms. The number of methoxy groups -OCH3 is 1. The molecule has 2 N–H and O–H groups in total. The van der Waals surface area contributed by atoms with Crippen LogP contribution >= 0.6 is 11.8 Å². The lowest BCUT2D eigenvalue weighted by Crippen LogP contribution is -2.44. The van der Waals surface area contributed by atoms with Crippen LogP contribution in [0, 0.1) is 0 Å². The fraction of sp³-hybridized carbons (Fsp3) is 0.263. The van der Waals surface area contributed by atoms with Crippen molar-refractivity contribution in [1.82, 2.24) is 5.32 Å². The maximum absolute atomic E-state index is 12.5. The van der Waals surface area contributed by atoms with E-state index in [1.807, 2.05) is 36.6 Å². The lowest BCUT2D eigenvalue weighted by atomic mass is 10.1. The van der Waals surface area contributed by atoms with Gasteiger partial charge in [0, 0.05) is 11.3 Å². The quantitative estimate of drug-likeness (QED) is 0.760. The fourth-order valence-corrected chi connectivity index (χ4v) is 2.71. The normalized spacial score (nSPS) is 11.4. The molecule has 0 fully saturated rings. The van der Waals surface area contributed by atoms with Crippen molar-refractivity contribution < 1.29 is 14.3 Å². The first-order valence-corrected chi connectivity index (χ1v) is 9.33. The van der Waals surface area contributed by atoms with Crippen LogP contribution in [-0.4, -0.2) is 37.0 Å². The first-order chi connectivity index (χ1) is 12.1. The number of nitrogens with one attached hydrogen (secondary N) is 2. The van der Waals surface area contributed by atoms with Crippen molar-refractivity contribution in [2.24, 2.45) is 0 Å². The number of thioether (sulfide) groups is 1. The molecule has 2 rings (SSSR count). The number of amides is 2. The molecule has 5 nitrogen and oxygen atoms in total. The summed E-state index contributed by atoms with van der Waals surface area (Å²) in [7, 11) is 1.57. The van der Waals surface area contributed by atoms with Gasteiger partial charge in [-0.3, -0.25) is 9.59 Å². The van der Waals surface area contributed by atoms with Crippen LogP contribution in [0.25, 0.3) is 0 Å². The Kier molecular flexibility index (Phi) is 7.35. The number of benzene rings is 2. The van der Waals surface area contributed by atoms with Gasteiger partial charge in [-0.25, -0.2) is 0 Å². The number of carbonyl (C=O) groups is 2. The van der Waals surface area contributed by atoms with Crippen LogP contribution in [-0.2, 0) is 4.79 Å². The van der Waals surface area contributed by atoms with Gasteiger partial charge in [-0.15, -0.1) is 0 Å². The van der Waals surface area contributed by atoms with Crippen LogP contribution in [0.5, 0.6) is 5.75 Å². The smallest absolute Gasteiger partial charge is 0.251 e.